The number of aryl methyl sites for hydroxylation is 1. The molecule has 0 atom stereocenters. The third-order valence-corrected chi connectivity index (χ3v) is 3.31. The highest BCUT2D eigenvalue weighted by atomic mass is 79.9. The first-order valence-electron chi connectivity index (χ1n) is 6.37. The summed E-state index contributed by atoms with van der Waals surface area (Å²) in [6, 6.07) is 9.19. The summed E-state index contributed by atoms with van der Waals surface area (Å²) in [5.41, 5.74) is 2.40. The lowest BCUT2D eigenvalue weighted by Gasteiger charge is -2.09. The number of pyridine rings is 1. The molecule has 104 valence electrons. The summed E-state index contributed by atoms with van der Waals surface area (Å²) in [7, 11) is 0. The van der Waals surface area contributed by atoms with Crippen LogP contribution in [0.4, 0.5) is 11.5 Å². The largest absolute Gasteiger partial charge is 0.370 e. The van der Waals surface area contributed by atoms with Crippen LogP contribution in [-0.4, -0.2) is 17.4 Å². The van der Waals surface area contributed by atoms with Crippen molar-refractivity contribution in [1.29, 1.82) is 0 Å². The average molecular weight is 334 g/mol. The smallest absolute Gasteiger partial charge is 0.255 e. The molecular formula is C15H16BrN3O. The zero-order valence-corrected chi connectivity index (χ0v) is 13.0. The van der Waals surface area contributed by atoms with Gasteiger partial charge in [0, 0.05) is 28.5 Å². The highest BCUT2D eigenvalue weighted by Crippen LogP contribution is 2.20. The molecule has 5 heteroatoms. The second-order valence-electron chi connectivity index (χ2n) is 4.37. The SMILES string of the molecule is CCNc1cc(C(=O)Nc2ccc(Br)cc2C)ccn1. The van der Waals surface area contributed by atoms with Crippen LogP contribution in [0.5, 0.6) is 0 Å². The van der Waals surface area contributed by atoms with Crippen LogP contribution in [0.25, 0.3) is 0 Å². The minimum absolute atomic E-state index is 0.142. The number of aromatic nitrogens is 1. The summed E-state index contributed by atoms with van der Waals surface area (Å²) in [5, 5.41) is 6.00. The van der Waals surface area contributed by atoms with Crippen LogP contribution < -0.4 is 10.6 Å². The molecule has 0 bridgehead atoms. The summed E-state index contributed by atoms with van der Waals surface area (Å²) < 4.78 is 0.992. The van der Waals surface area contributed by atoms with E-state index in [1.165, 1.54) is 0 Å². The van der Waals surface area contributed by atoms with Crippen molar-refractivity contribution < 1.29 is 4.79 Å². The van der Waals surface area contributed by atoms with Crippen molar-refractivity contribution in [2.45, 2.75) is 13.8 Å². The van der Waals surface area contributed by atoms with E-state index >= 15 is 0 Å². The van der Waals surface area contributed by atoms with Gasteiger partial charge in [0.05, 0.1) is 0 Å². The molecule has 0 radical (unpaired) electrons. The van der Waals surface area contributed by atoms with E-state index in [1.807, 2.05) is 32.0 Å². The lowest BCUT2D eigenvalue weighted by atomic mass is 10.2. The highest BCUT2D eigenvalue weighted by molar-refractivity contribution is 9.10. The molecule has 1 aromatic heterocycles. The predicted octanol–water partition coefficient (Wildman–Crippen LogP) is 3.84. The number of nitrogens with one attached hydrogen (secondary N) is 2. The number of nitrogens with zero attached hydrogens (tertiary/aromatic N) is 1. The number of anilines is 2. The van der Waals surface area contributed by atoms with Crippen molar-refractivity contribution in [3.8, 4) is 0 Å². The first-order chi connectivity index (χ1) is 9.60. The van der Waals surface area contributed by atoms with Gasteiger partial charge in [-0.3, -0.25) is 4.79 Å². The van der Waals surface area contributed by atoms with Gasteiger partial charge in [0.25, 0.3) is 5.91 Å². The number of carbonyl (C=O) groups is 1. The number of hydrogen-bond donors (Lipinski definition) is 2. The van der Waals surface area contributed by atoms with Gasteiger partial charge in [-0.05, 0) is 49.7 Å². The standard InChI is InChI=1S/C15H16BrN3O/c1-3-17-14-9-11(6-7-18-14)15(20)19-13-5-4-12(16)8-10(13)2/h4-9H,3H2,1-2H3,(H,17,18)(H,19,20). The summed E-state index contributed by atoms with van der Waals surface area (Å²) in [5.74, 6) is 0.560. The molecule has 0 saturated carbocycles. The van der Waals surface area contributed by atoms with Crippen LogP contribution >= 0.6 is 15.9 Å². The topological polar surface area (TPSA) is 54.0 Å². The summed E-state index contributed by atoms with van der Waals surface area (Å²) in [6.07, 6.45) is 1.63. The van der Waals surface area contributed by atoms with E-state index in [4.69, 9.17) is 0 Å². The third kappa shape index (κ3) is 3.57. The molecule has 2 N–H and O–H groups in total. The summed E-state index contributed by atoms with van der Waals surface area (Å²) in [4.78, 5) is 16.4. The van der Waals surface area contributed by atoms with E-state index < -0.39 is 0 Å². The number of amides is 1. The van der Waals surface area contributed by atoms with Gasteiger partial charge >= 0.3 is 0 Å². The molecular weight excluding hydrogens is 318 g/mol. The van der Waals surface area contributed by atoms with Gasteiger partial charge in [-0.15, -0.1) is 0 Å². The molecule has 0 aliphatic carbocycles. The Labute approximate surface area is 126 Å². The Hall–Kier alpha value is -1.88. The summed E-state index contributed by atoms with van der Waals surface area (Å²) in [6.45, 7) is 4.71. The minimum atomic E-state index is -0.142. The van der Waals surface area contributed by atoms with Crippen molar-refractivity contribution in [3.05, 3.63) is 52.1 Å². The van der Waals surface area contributed by atoms with E-state index in [2.05, 4.69) is 31.5 Å². The van der Waals surface area contributed by atoms with Gasteiger partial charge in [0.1, 0.15) is 5.82 Å². The Balaban J connectivity index is 2.17. The Morgan fingerprint density at radius 2 is 2.10 bits per heavy atom. The Bertz CT molecular complexity index is 628. The molecule has 0 saturated heterocycles. The van der Waals surface area contributed by atoms with Gasteiger partial charge in [-0.25, -0.2) is 4.98 Å². The Morgan fingerprint density at radius 1 is 1.30 bits per heavy atom. The summed E-state index contributed by atoms with van der Waals surface area (Å²) >= 11 is 3.40. The van der Waals surface area contributed by atoms with Crippen molar-refractivity contribution in [2.75, 3.05) is 17.2 Å². The van der Waals surface area contributed by atoms with Gasteiger partial charge in [0.15, 0.2) is 0 Å². The van der Waals surface area contributed by atoms with Crippen LogP contribution in [0.2, 0.25) is 0 Å². The molecule has 0 aliphatic heterocycles. The highest BCUT2D eigenvalue weighted by Gasteiger charge is 2.09. The second kappa shape index (κ2) is 6.52. The lowest BCUT2D eigenvalue weighted by Crippen LogP contribution is -2.13. The van der Waals surface area contributed by atoms with Crippen LogP contribution in [-0.2, 0) is 0 Å². The number of carbonyl (C=O) groups excluding carboxylic acids is 1. The quantitative estimate of drug-likeness (QED) is 0.893. The maximum Gasteiger partial charge on any atom is 0.255 e. The minimum Gasteiger partial charge on any atom is -0.370 e. The molecule has 0 aliphatic rings. The van der Waals surface area contributed by atoms with Crippen LogP contribution in [0.3, 0.4) is 0 Å². The van der Waals surface area contributed by atoms with E-state index in [0.717, 1.165) is 22.3 Å². The fraction of sp³-hybridized carbons (Fsp3) is 0.200. The van der Waals surface area contributed by atoms with Crippen LogP contribution in [0.1, 0.15) is 22.8 Å². The van der Waals surface area contributed by atoms with E-state index in [1.54, 1.807) is 18.3 Å². The predicted molar refractivity (Wildman–Crippen MR) is 85.2 cm³/mol. The maximum atomic E-state index is 12.2. The molecule has 0 fully saturated rings. The third-order valence-electron chi connectivity index (χ3n) is 2.82. The molecule has 20 heavy (non-hydrogen) atoms. The zero-order chi connectivity index (χ0) is 14.5. The lowest BCUT2D eigenvalue weighted by molar-refractivity contribution is 0.102. The van der Waals surface area contributed by atoms with Gasteiger partial charge in [0.2, 0.25) is 0 Å². The molecule has 0 unspecified atom stereocenters. The first-order valence-corrected chi connectivity index (χ1v) is 7.17. The molecule has 1 aromatic carbocycles. The maximum absolute atomic E-state index is 12.2. The van der Waals surface area contributed by atoms with Crippen molar-refractivity contribution in [1.82, 2.24) is 4.98 Å². The normalized spacial score (nSPS) is 10.2. The number of hydrogen-bond acceptors (Lipinski definition) is 3. The first kappa shape index (κ1) is 14.5. The average Bonchev–Trinajstić information content (AvgIpc) is 2.42. The fourth-order valence-corrected chi connectivity index (χ4v) is 2.29. The molecule has 4 nitrogen and oxygen atoms in total. The Morgan fingerprint density at radius 3 is 2.80 bits per heavy atom. The van der Waals surface area contributed by atoms with E-state index in [9.17, 15) is 4.79 Å². The van der Waals surface area contributed by atoms with Crippen molar-refractivity contribution in [3.63, 3.8) is 0 Å². The molecule has 1 heterocycles. The van der Waals surface area contributed by atoms with Crippen molar-refractivity contribution in [2.24, 2.45) is 0 Å². The second-order valence-corrected chi connectivity index (χ2v) is 5.29. The molecule has 2 rings (SSSR count). The van der Waals surface area contributed by atoms with Crippen LogP contribution in [0.15, 0.2) is 41.0 Å². The fourth-order valence-electron chi connectivity index (χ4n) is 1.81. The van der Waals surface area contributed by atoms with E-state index in [-0.39, 0.29) is 5.91 Å². The zero-order valence-electron chi connectivity index (χ0n) is 11.4. The number of rotatable bonds is 4. The van der Waals surface area contributed by atoms with Gasteiger partial charge < -0.3 is 10.6 Å². The molecule has 0 spiro atoms. The molecule has 1 amide bonds. The van der Waals surface area contributed by atoms with Gasteiger partial charge in [-0.2, -0.15) is 0 Å². The monoisotopic (exact) mass is 333 g/mol. The van der Waals surface area contributed by atoms with Crippen LogP contribution in [0, 0.1) is 6.92 Å². The van der Waals surface area contributed by atoms with Gasteiger partial charge in [-0.1, -0.05) is 15.9 Å². The Kier molecular flexibility index (Phi) is 4.74. The van der Waals surface area contributed by atoms with Crippen molar-refractivity contribution >= 4 is 33.3 Å². The number of halogens is 1. The molecule has 2 aromatic rings. The van der Waals surface area contributed by atoms with E-state index in [0.29, 0.717) is 11.4 Å². The number of benzene rings is 1.